The van der Waals surface area contributed by atoms with Crippen LogP contribution >= 0.6 is 0 Å². The van der Waals surface area contributed by atoms with Crippen molar-refractivity contribution in [1.82, 2.24) is 5.32 Å². The molecule has 6 heteroatoms. The molecule has 0 radical (unpaired) electrons. The molecule has 0 heterocycles. The minimum atomic E-state index is -0.205. The van der Waals surface area contributed by atoms with Gasteiger partial charge in [-0.3, -0.25) is 4.79 Å². The zero-order valence-electron chi connectivity index (χ0n) is 11.1. The lowest BCUT2D eigenvalue weighted by atomic mass is 10.2. The molecule has 1 atom stereocenters. The highest BCUT2D eigenvalue weighted by atomic mass is 16.5. The number of para-hydroxylation sites is 1. The minimum absolute atomic E-state index is 0.0575. The minimum Gasteiger partial charge on any atom is -0.483 e. The fraction of sp³-hybridized carbons (Fsp3) is 0.385. The molecule has 4 N–H and O–H groups in total. The molecule has 0 saturated carbocycles. The number of carbonyl (C=O) groups is 1. The van der Waals surface area contributed by atoms with Gasteiger partial charge in [-0.15, -0.1) is 0 Å². The molecule has 1 aromatic carbocycles. The van der Waals surface area contributed by atoms with Gasteiger partial charge in [0.15, 0.2) is 12.4 Å². The number of amides is 1. The number of nitrogens with zero attached hydrogens (tertiary/aromatic N) is 1. The summed E-state index contributed by atoms with van der Waals surface area (Å²) < 4.78 is 5.38. The molecule has 1 aromatic rings. The Morgan fingerprint density at radius 2 is 2.21 bits per heavy atom. The van der Waals surface area contributed by atoms with Crippen molar-refractivity contribution < 1.29 is 14.7 Å². The summed E-state index contributed by atoms with van der Waals surface area (Å²) in [7, 11) is 0. The molecule has 19 heavy (non-hydrogen) atoms. The first kappa shape index (κ1) is 14.8. The van der Waals surface area contributed by atoms with Gasteiger partial charge in [-0.1, -0.05) is 24.2 Å². The third-order valence-electron chi connectivity index (χ3n) is 2.65. The number of ether oxygens (including phenoxy) is 1. The van der Waals surface area contributed by atoms with Crippen molar-refractivity contribution in [2.75, 3.05) is 6.61 Å². The van der Waals surface area contributed by atoms with E-state index in [-0.39, 0.29) is 24.4 Å². The second kappa shape index (κ2) is 7.25. The summed E-state index contributed by atoms with van der Waals surface area (Å²) in [6.45, 7) is 3.79. The summed E-state index contributed by atoms with van der Waals surface area (Å²) in [6, 6.07) is 6.89. The number of amidine groups is 1. The van der Waals surface area contributed by atoms with Gasteiger partial charge >= 0.3 is 0 Å². The van der Waals surface area contributed by atoms with Gasteiger partial charge in [-0.05, 0) is 25.5 Å². The molecule has 0 aliphatic rings. The van der Waals surface area contributed by atoms with E-state index in [0.29, 0.717) is 11.3 Å². The zero-order valence-corrected chi connectivity index (χ0v) is 11.1. The van der Waals surface area contributed by atoms with Crippen molar-refractivity contribution in [3.05, 3.63) is 29.8 Å². The van der Waals surface area contributed by atoms with E-state index in [1.54, 1.807) is 24.3 Å². The first-order valence-corrected chi connectivity index (χ1v) is 6.07. The van der Waals surface area contributed by atoms with Crippen LogP contribution in [-0.2, 0) is 4.79 Å². The van der Waals surface area contributed by atoms with Crippen LogP contribution in [0.15, 0.2) is 29.4 Å². The smallest absolute Gasteiger partial charge is 0.258 e. The van der Waals surface area contributed by atoms with Gasteiger partial charge in [0.2, 0.25) is 0 Å². The number of rotatable bonds is 6. The lowest BCUT2D eigenvalue weighted by Crippen LogP contribution is -2.35. The lowest BCUT2D eigenvalue weighted by Gasteiger charge is -2.13. The molecule has 0 aliphatic heterocycles. The third-order valence-corrected chi connectivity index (χ3v) is 2.65. The molecule has 0 bridgehead atoms. The fourth-order valence-corrected chi connectivity index (χ4v) is 1.42. The van der Waals surface area contributed by atoms with E-state index in [0.717, 1.165) is 6.42 Å². The topological polar surface area (TPSA) is 96.9 Å². The van der Waals surface area contributed by atoms with Crippen molar-refractivity contribution in [2.24, 2.45) is 10.9 Å². The maximum absolute atomic E-state index is 11.6. The molecular formula is C13H19N3O3. The molecule has 0 spiro atoms. The molecule has 0 aromatic heterocycles. The predicted octanol–water partition coefficient (Wildman–Crippen LogP) is 1.07. The van der Waals surface area contributed by atoms with Crippen molar-refractivity contribution in [2.45, 2.75) is 26.3 Å². The molecule has 1 amide bonds. The van der Waals surface area contributed by atoms with Crippen LogP contribution in [-0.4, -0.2) is 29.6 Å². The molecule has 1 rings (SSSR count). The predicted molar refractivity (Wildman–Crippen MR) is 72.3 cm³/mol. The van der Waals surface area contributed by atoms with Crippen molar-refractivity contribution in [1.29, 1.82) is 0 Å². The van der Waals surface area contributed by atoms with Crippen LogP contribution in [0.3, 0.4) is 0 Å². The molecule has 1 unspecified atom stereocenters. The number of nitrogens with two attached hydrogens (primary N) is 1. The molecule has 0 aliphatic carbocycles. The van der Waals surface area contributed by atoms with Crippen LogP contribution in [0, 0.1) is 0 Å². The monoisotopic (exact) mass is 265 g/mol. The van der Waals surface area contributed by atoms with Gasteiger partial charge in [-0.2, -0.15) is 0 Å². The Bertz CT molecular complexity index is 460. The van der Waals surface area contributed by atoms with Gasteiger partial charge in [0.25, 0.3) is 5.91 Å². The van der Waals surface area contributed by atoms with Crippen molar-refractivity contribution in [3.8, 4) is 5.75 Å². The Morgan fingerprint density at radius 3 is 2.84 bits per heavy atom. The Hall–Kier alpha value is -2.24. The molecule has 0 fully saturated rings. The highest BCUT2D eigenvalue weighted by Gasteiger charge is 2.10. The Balaban J connectivity index is 2.65. The first-order chi connectivity index (χ1) is 9.08. The summed E-state index contributed by atoms with van der Waals surface area (Å²) in [5.74, 6) is 0.138. The Labute approximate surface area is 112 Å². The van der Waals surface area contributed by atoms with Crippen LogP contribution in [0.2, 0.25) is 0 Å². The molecular weight excluding hydrogens is 246 g/mol. The normalized spacial score (nSPS) is 12.8. The average molecular weight is 265 g/mol. The summed E-state index contributed by atoms with van der Waals surface area (Å²) in [6.07, 6.45) is 0.854. The number of oxime groups is 1. The summed E-state index contributed by atoms with van der Waals surface area (Å²) >= 11 is 0. The number of carbonyl (C=O) groups excluding carboxylic acids is 1. The fourth-order valence-electron chi connectivity index (χ4n) is 1.42. The molecule has 6 nitrogen and oxygen atoms in total. The number of benzene rings is 1. The van der Waals surface area contributed by atoms with E-state index >= 15 is 0 Å². The maximum atomic E-state index is 11.6. The van der Waals surface area contributed by atoms with E-state index in [1.165, 1.54) is 0 Å². The third kappa shape index (κ3) is 4.50. The summed E-state index contributed by atoms with van der Waals surface area (Å²) in [4.78, 5) is 11.6. The first-order valence-electron chi connectivity index (χ1n) is 6.07. The Morgan fingerprint density at radius 1 is 1.53 bits per heavy atom. The van der Waals surface area contributed by atoms with Crippen molar-refractivity contribution >= 4 is 11.7 Å². The highest BCUT2D eigenvalue weighted by molar-refractivity contribution is 5.99. The van der Waals surface area contributed by atoms with E-state index in [4.69, 9.17) is 15.7 Å². The highest BCUT2D eigenvalue weighted by Crippen LogP contribution is 2.17. The SMILES string of the molecule is CCC(C)NC(=O)COc1ccccc1/C(N)=N/O. The molecule has 0 saturated heterocycles. The van der Waals surface area contributed by atoms with Gasteiger partial charge in [-0.25, -0.2) is 0 Å². The number of hydrogen-bond donors (Lipinski definition) is 3. The largest absolute Gasteiger partial charge is 0.483 e. The van der Waals surface area contributed by atoms with Gasteiger partial charge in [0.05, 0.1) is 5.56 Å². The quantitative estimate of drug-likeness (QED) is 0.310. The standard InChI is InChI=1S/C13H19N3O3/c1-3-9(2)15-12(17)8-19-11-7-5-4-6-10(11)13(14)16-18/h4-7,9,18H,3,8H2,1-2H3,(H2,14,16)(H,15,17). The van der Waals surface area contributed by atoms with E-state index in [2.05, 4.69) is 10.5 Å². The zero-order chi connectivity index (χ0) is 14.3. The van der Waals surface area contributed by atoms with Crippen LogP contribution in [0.1, 0.15) is 25.8 Å². The van der Waals surface area contributed by atoms with Gasteiger partial charge in [0, 0.05) is 6.04 Å². The van der Waals surface area contributed by atoms with Crippen LogP contribution in [0.25, 0.3) is 0 Å². The van der Waals surface area contributed by atoms with E-state index in [1.807, 2.05) is 13.8 Å². The van der Waals surface area contributed by atoms with E-state index in [9.17, 15) is 4.79 Å². The van der Waals surface area contributed by atoms with Crippen LogP contribution in [0.5, 0.6) is 5.75 Å². The van der Waals surface area contributed by atoms with Crippen LogP contribution in [0.4, 0.5) is 0 Å². The maximum Gasteiger partial charge on any atom is 0.258 e. The average Bonchev–Trinajstić information content (AvgIpc) is 2.44. The van der Waals surface area contributed by atoms with Gasteiger partial charge < -0.3 is 21.0 Å². The summed E-state index contributed by atoms with van der Waals surface area (Å²) in [5, 5.41) is 14.4. The van der Waals surface area contributed by atoms with E-state index < -0.39 is 0 Å². The van der Waals surface area contributed by atoms with Crippen molar-refractivity contribution in [3.63, 3.8) is 0 Å². The number of nitrogens with one attached hydrogen (secondary N) is 1. The Kier molecular flexibility index (Phi) is 5.66. The second-order valence-electron chi connectivity index (χ2n) is 4.15. The van der Waals surface area contributed by atoms with Gasteiger partial charge in [0.1, 0.15) is 5.75 Å². The summed E-state index contributed by atoms with van der Waals surface area (Å²) in [5.41, 5.74) is 5.97. The lowest BCUT2D eigenvalue weighted by molar-refractivity contribution is -0.123. The second-order valence-corrected chi connectivity index (χ2v) is 4.15. The van der Waals surface area contributed by atoms with Crippen LogP contribution < -0.4 is 15.8 Å². The number of hydrogen-bond acceptors (Lipinski definition) is 4. The molecule has 104 valence electrons.